The van der Waals surface area contributed by atoms with Crippen molar-refractivity contribution < 1.29 is 17.9 Å². The number of piperidine rings is 1. The molecule has 0 radical (unpaired) electrons. The molecule has 158 valence electrons. The number of nitrogens with zero attached hydrogens (tertiary/aromatic N) is 2. The Morgan fingerprint density at radius 3 is 2.32 bits per heavy atom. The molecule has 0 saturated carbocycles. The number of likely N-dealkylation sites (tertiary alicyclic amines) is 1. The molecule has 0 spiro atoms. The third kappa shape index (κ3) is 5.47. The zero-order valence-corrected chi connectivity index (χ0v) is 18.8. The number of rotatable bonds is 7. The maximum absolute atomic E-state index is 12.8. The predicted molar refractivity (Wildman–Crippen MR) is 112 cm³/mol. The zero-order valence-electron chi connectivity index (χ0n) is 17.9. The summed E-state index contributed by atoms with van der Waals surface area (Å²) < 4.78 is 31.2. The van der Waals surface area contributed by atoms with Gasteiger partial charge < -0.3 is 9.64 Å². The minimum absolute atomic E-state index is 0.0356. The van der Waals surface area contributed by atoms with Gasteiger partial charge in [-0.05, 0) is 55.9 Å². The van der Waals surface area contributed by atoms with Gasteiger partial charge in [-0.25, -0.2) is 8.42 Å². The summed E-state index contributed by atoms with van der Waals surface area (Å²) in [6, 6.07) is 5.93. The minimum atomic E-state index is -3.22. The quantitative estimate of drug-likeness (QED) is 0.692. The lowest BCUT2D eigenvalue weighted by molar-refractivity contribution is -0.139. The van der Waals surface area contributed by atoms with Crippen LogP contribution in [0, 0.1) is 6.92 Å². The predicted octanol–water partition coefficient (Wildman–Crippen LogP) is 3.16. The summed E-state index contributed by atoms with van der Waals surface area (Å²) in [5.41, 5.74) is 2.44. The van der Waals surface area contributed by atoms with Gasteiger partial charge in [-0.1, -0.05) is 26.8 Å². The van der Waals surface area contributed by atoms with E-state index in [1.807, 2.05) is 19.1 Å². The highest BCUT2D eigenvalue weighted by molar-refractivity contribution is 7.88. The van der Waals surface area contributed by atoms with Crippen LogP contribution in [-0.2, 0) is 14.8 Å². The average Bonchev–Trinajstić information content (AvgIpc) is 2.60. The van der Waals surface area contributed by atoms with Crippen LogP contribution < -0.4 is 4.74 Å². The number of carbonyl (C=O) groups is 1. The summed E-state index contributed by atoms with van der Waals surface area (Å²) in [6.45, 7) is 11.5. The van der Waals surface area contributed by atoms with Crippen LogP contribution in [0.5, 0.6) is 5.75 Å². The number of hydrogen-bond donors (Lipinski definition) is 0. The lowest BCUT2D eigenvalue weighted by Gasteiger charge is -2.37. The number of hydrogen-bond acceptors (Lipinski definition) is 4. The first-order valence-electron chi connectivity index (χ1n) is 10.1. The van der Waals surface area contributed by atoms with Crippen molar-refractivity contribution in [2.24, 2.45) is 0 Å². The van der Waals surface area contributed by atoms with Crippen molar-refractivity contribution in [3.8, 4) is 5.75 Å². The molecule has 1 aromatic carbocycles. The number of aryl methyl sites for hydroxylation is 1. The number of ether oxygens (including phenoxy) is 1. The molecular weight excluding hydrogens is 376 g/mol. The fourth-order valence-electron chi connectivity index (χ4n) is 4.02. The second kappa shape index (κ2) is 9.27. The van der Waals surface area contributed by atoms with Crippen LogP contribution in [0.25, 0.3) is 0 Å². The average molecular weight is 411 g/mol. The summed E-state index contributed by atoms with van der Waals surface area (Å²) in [4.78, 5) is 14.6. The summed E-state index contributed by atoms with van der Waals surface area (Å²) in [6.07, 6.45) is 1.98. The molecule has 2 rings (SSSR count). The highest BCUT2D eigenvalue weighted by Gasteiger charge is 2.32. The molecule has 1 aromatic rings. The monoisotopic (exact) mass is 410 g/mol. The second-order valence-corrected chi connectivity index (χ2v) is 9.89. The Hall–Kier alpha value is -1.60. The molecule has 6 nitrogen and oxygen atoms in total. The van der Waals surface area contributed by atoms with E-state index in [0.29, 0.717) is 44.1 Å². The van der Waals surface area contributed by atoms with Crippen molar-refractivity contribution in [1.82, 2.24) is 9.21 Å². The van der Waals surface area contributed by atoms with E-state index < -0.39 is 16.1 Å². The van der Waals surface area contributed by atoms with Gasteiger partial charge >= 0.3 is 0 Å². The highest BCUT2D eigenvalue weighted by Crippen LogP contribution is 2.25. The molecule has 0 aromatic heterocycles. The van der Waals surface area contributed by atoms with Gasteiger partial charge in [-0.2, -0.15) is 4.31 Å². The second-order valence-electron chi connectivity index (χ2n) is 7.96. The van der Waals surface area contributed by atoms with Crippen molar-refractivity contribution in [2.45, 2.75) is 65.5 Å². The highest BCUT2D eigenvalue weighted by atomic mass is 32.2. The minimum Gasteiger partial charge on any atom is -0.481 e. The maximum atomic E-state index is 12.8. The van der Waals surface area contributed by atoms with E-state index in [9.17, 15) is 13.2 Å². The number of amides is 1. The molecule has 0 N–H and O–H groups in total. The lowest BCUT2D eigenvalue weighted by atomic mass is 9.98. The first-order valence-corrected chi connectivity index (χ1v) is 11.9. The SMILES string of the molecule is CCN(C1CCN(C(=O)C(C)Oc2ccc(C(C)C)c(C)c2)CC1)S(C)(=O)=O. The lowest BCUT2D eigenvalue weighted by Crippen LogP contribution is -2.50. The molecule has 1 fully saturated rings. The van der Waals surface area contributed by atoms with Gasteiger partial charge in [0.2, 0.25) is 10.0 Å². The molecule has 1 atom stereocenters. The van der Waals surface area contributed by atoms with Gasteiger partial charge in [-0.15, -0.1) is 0 Å². The van der Waals surface area contributed by atoms with Gasteiger partial charge in [0.05, 0.1) is 6.26 Å². The molecule has 1 unspecified atom stereocenters. The van der Waals surface area contributed by atoms with E-state index in [2.05, 4.69) is 26.8 Å². The number of carbonyl (C=O) groups excluding carboxylic acids is 1. The van der Waals surface area contributed by atoms with Crippen molar-refractivity contribution in [3.05, 3.63) is 29.3 Å². The smallest absolute Gasteiger partial charge is 0.263 e. The topological polar surface area (TPSA) is 66.9 Å². The summed E-state index contributed by atoms with van der Waals surface area (Å²) >= 11 is 0. The van der Waals surface area contributed by atoms with Crippen molar-refractivity contribution in [1.29, 1.82) is 0 Å². The Balaban J connectivity index is 1.95. The Morgan fingerprint density at radius 1 is 1.25 bits per heavy atom. The molecule has 1 aliphatic rings. The molecule has 1 heterocycles. The van der Waals surface area contributed by atoms with Crippen LogP contribution in [0.3, 0.4) is 0 Å². The Morgan fingerprint density at radius 2 is 1.86 bits per heavy atom. The molecule has 1 saturated heterocycles. The van der Waals surface area contributed by atoms with Crippen molar-refractivity contribution in [3.63, 3.8) is 0 Å². The van der Waals surface area contributed by atoms with E-state index in [1.165, 1.54) is 16.1 Å². The first-order chi connectivity index (χ1) is 13.0. The van der Waals surface area contributed by atoms with Gasteiger partial charge in [0.1, 0.15) is 5.75 Å². The summed E-state index contributed by atoms with van der Waals surface area (Å²) in [5, 5.41) is 0. The van der Waals surface area contributed by atoms with Crippen LogP contribution in [0.4, 0.5) is 0 Å². The van der Waals surface area contributed by atoms with Crippen LogP contribution in [0.1, 0.15) is 57.6 Å². The normalized spacial score (nSPS) is 17.2. The van der Waals surface area contributed by atoms with Crippen molar-refractivity contribution >= 4 is 15.9 Å². The molecule has 0 bridgehead atoms. The van der Waals surface area contributed by atoms with Gasteiger partial charge in [0.25, 0.3) is 5.91 Å². The molecule has 1 amide bonds. The summed E-state index contributed by atoms with van der Waals surface area (Å²) in [7, 11) is -3.22. The van der Waals surface area contributed by atoms with Gasteiger partial charge in [0, 0.05) is 25.7 Å². The van der Waals surface area contributed by atoms with Gasteiger partial charge in [0.15, 0.2) is 6.10 Å². The fourth-order valence-corrected chi connectivity index (χ4v) is 5.24. The first kappa shape index (κ1) is 22.7. The number of sulfonamides is 1. The van der Waals surface area contributed by atoms with Crippen LogP contribution in [0.2, 0.25) is 0 Å². The number of benzene rings is 1. The standard InChI is InChI=1S/C21H34N2O4S/c1-7-23(28(6,25)26)18-10-12-22(13-11-18)21(24)17(5)27-19-8-9-20(15(2)3)16(4)14-19/h8-9,14-15,17-18H,7,10-13H2,1-6H3. The van der Waals surface area contributed by atoms with E-state index in [0.717, 1.165) is 5.56 Å². The third-order valence-corrected chi connectivity index (χ3v) is 6.85. The van der Waals surface area contributed by atoms with E-state index >= 15 is 0 Å². The van der Waals surface area contributed by atoms with Crippen LogP contribution in [-0.4, -0.2) is 61.6 Å². The Bertz CT molecular complexity index is 784. The summed E-state index contributed by atoms with van der Waals surface area (Å²) in [5.74, 6) is 1.10. The fraction of sp³-hybridized carbons (Fsp3) is 0.667. The van der Waals surface area contributed by atoms with Crippen molar-refractivity contribution in [2.75, 3.05) is 25.9 Å². The third-order valence-electron chi connectivity index (χ3n) is 5.44. The molecule has 7 heteroatoms. The molecule has 28 heavy (non-hydrogen) atoms. The van der Waals surface area contributed by atoms with Crippen LogP contribution in [0.15, 0.2) is 18.2 Å². The largest absolute Gasteiger partial charge is 0.481 e. The van der Waals surface area contributed by atoms with E-state index in [1.54, 1.807) is 11.8 Å². The molecule has 0 aliphatic carbocycles. The van der Waals surface area contributed by atoms with E-state index in [4.69, 9.17) is 4.74 Å². The Labute approximate surface area is 169 Å². The molecule has 1 aliphatic heterocycles. The van der Waals surface area contributed by atoms with Crippen LogP contribution >= 0.6 is 0 Å². The maximum Gasteiger partial charge on any atom is 0.263 e. The van der Waals surface area contributed by atoms with E-state index in [-0.39, 0.29) is 11.9 Å². The molecular formula is C21H34N2O4S. The Kier molecular flexibility index (Phi) is 7.51. The van der Waals surface area contributed by atoms with Gasteiger partial charge in [-0.3, -0.25) is 4.79 Å². The zero-order chi connectivity index (χ0) is 21.1.